The van der Waals surface area contributed by atoms with Gasteiger partial charge in [0, 0.05) is 57.3 Å². The number of carboxylic acids is 1. The van der Waals surface area contributed by atoms with Crippen LogP contribution >= 0.6 is 11.3 Å². The van der Waals surface area contributed by atoms with Crippen molar-refractivity contribution < 1.29 is 27.5 Å². The fourth-order valence-corrected chi connectivity index (χ4v) is 4.60. The van der Waals surface area contributed by atoms with Crippen molar-refractivity contribution in [3.63, 3.8) is 0 Å². The van der Waals surface area contributed by atoms with Crippen LogP contribution in [-0.4, -0.2) is 90.8 Å². The number of anilines is 2. The Balaban J connectivity index is 0.000000448. The summed E-state index contributed by atoms with van der Waals surface area (Å²) in [5.74, 6) is -0.160. The standard InChI is InChI=1S/C21H28FN9S.C2HF3O2/c1-14(22)12-30-7-9-31(10-8-30)21-26-18(15-3-4-15)25-20(27-21)23-11-16-13-32-19(24-16)17-5-6-29(2)28-17;3-2(4,5)1(6)7/h5-6,13-15H,3-4,7-12H2,1-2H3,(H,23,25,26,27);(H,6,7). The number of thiazole rings is 1. The summed E-state index contributed by atoms with van der Waals surface area (Å²) in [4.78, 5) is 32.0. The fraction of sp³-hybridized carbons (Fsp3) is 0.565. The van der Waals surface area contributed by atoms with E-state index in [1.807, 2.05) is 24.7 Å². The van der Waals surface area contributed by atoms with Gasteiger partial charge in [-0.25, -0.2) is 14.2 Å². The van der Waals surface area contributed by atoms with Crippen LogP contribution in [-0.2, 0) is 18.4 Å². The van der Waals surface area contributed by atoms with Crippen LogP contribution in [0.5, 0.6) is 0 Å². The van der Waals surface area contributed by atoms with E-state index < -0.39 is 18.3 Å². The molecule has 4 heterocycles. The molecule has 2 N–H and O–H groups in total. The molecule has 16 heteroatoms. The zero-order valence-corrected chi connectivity index (χ0v) is 22.2. The van der Waals surface area contributed by atoms with Gasteiger partial charge < -0.3 is 15.3 Å². The van der Waals surface area contributed by atoms with E-state index in [0.717, 1.165) is 61.2 Å². The molecule has 1 saturated heterocycles. The van der Waals surface area contributed by atoms with Gasteiger partial charge in [-0.2, -0.15) is 33.2 Å². The number of piperazine rings is 1. The predicted octanol–water partition coefficient (Wildman–Crippen LogP) is 3.33. The van der Waals surface area contributed by atoms with Gasteiger partial charge in [0.2, 0.25) is 11.9 Å². The first kappa shape index (κ1) is 28.6. The Bertz CT molecular complexity index is 1250. The van der Waals surface area contributed by atoms with Crippen LogP contribution in [0.2, 0.25) is 0 Å². The molecule has 3 aromatic heterocycles. The van der Waals surface area contributed by atoms with Crippen molar-refractivity contribution in [3.8, 4) is 10.7 Å². The number of aryl methyl sites for hydroxylation is 1. The highest BCUT2D eigenvalue weighted by molar-refractivity contribution is 7.13. The van der Waals surface area contributed by atoms with Crippen molar-refractivity contribution in [2.45, 2.75) is 44.6 Å². The lowest BCUT2D eigenvalue weighted by Gasteiger charge is -2.35. The Morgan fingerprint density at radius 2 is 1.87 bits per heavy atom. The van der Waals surface area contributed by atoms with E-state index in [1.54, 1.807) is 22.9 Å². The largest absolute Gasteiger partial charge is 0.490 e. The molecule has 2 fully saturated rings. The molecule has 0 spiro atoms. The van der Waals surface area contributed by atoms with Crippen LogP contribution in [0.4, 0.5) is 29.5 Å². The van der Waals surface area contributed by atoms with E-state index in [0.29, 0.717) is 30.9 Å². The summed E-state index contributed by atoms with van der Waals surface area (Å²) in [6.07, 6.45) is -1.71. The Labute approximate surface area is 225 Å². The Kier molecular flexibility index (Phi) is 8.94. The van der Waals surface area contributed by atoms with Crippen LogP contribution in [0, 0.1) is 0 Å². The van der Waals surface area contributed by atoms with E-state index in [4.69, 9.17) is 19.9 Å². The van der Waals surface area contributed by atoms with Gasteiger partial charge in [0.15, 0.2) is 0 Å². The van der Waals surface area contributed by atoms with Gasteiger partial charge in [-0.1, -0.05) is 0 Å². The minimum Gasteiger partial charge on any atom is -0.475 e. The van der Waals surface area contributed by atoms with E-state index in [-0.39, 0.29) is 0 Å². The summed E-state index contributed by atoms with van der Waals surface area (Å²) in [5.41, 5.74) is 1.81. The average molecular weight is 572 g/mol. The third kappa shape index (κ3) is 8.29. The number of carboxylic acid groups (broad SMARTS) is 1. The topological polar surface area (TPSA) is 125 Å². The van der Waals surface area contributed by atoms with Gasteiger partial charge in [-0.15, -0.1) is 11.3 Å². The number of carbonyl (C=O) groups is 1. The monoisotopic (exact) mass is 571 g/mol. The van der Waals surface area contributed by atoms with Crippen molar-refractivity contribution in [1.29, 1.82) is 0 Å². The van der Waals surface area contributed by atoms with Crippen LogP contribution in [0.25, 0.3) is 10.7 Å². The van der Waals surface area contributed by atoms with Crippen LogP contribution in [0.1, 0.15) is 37.2 Å². The van der Waals surface area contributed by atoms with Gasteiger partial charge in [-0.05, 0) is 25.8 Å². The van der Waals surface area contributed by atoms with Gasteiger partial charge in [0.05, 0.1) is 12.2 Å². The first-order valence-corrected chi connectivity index (χ1v) is 13.2. The quantitative estimate of drug-likeness (QED) is 0.389. The third-order valence-electron chi connectivity index (χ3n) is 5.90. The first-order chi connectivity index (χ1) is 18.5. The van der Waals surface area contributed by atoms with Crippen molar-refractivity contribution in [2.24, 2.45) is 7.05 Å². The number of hydrogen-bond acceptors (Lipinski definition) is 10. The van der Waals surface area contributed by atoms with E-state index >= 15 is 0 Å². The zero-order chi connectivity index (χ0) is 28.2. The van der Waals surface area contributed by atoms with Gasteiger partial charge >= 0.3 is 12.1 Å². The number of aliphatic carboxylic acids is 1. The molecule has 11 nitrogen and oxygen atoms in total. The SMILES string of the molecule is CC(F)CN1CCN(c2nc(NCc3csc(-c4ccn(C)n4)n3)nc(C3CC3)n2)CC1.O=C(O)C(F)(F)F. The summed E-state index contributed by atoms with van der Waals surface area (Å²) in [6.45, 7) is 5.85. The summed E-state index contributed by atoms with van der Waals surface area (Å²) < 4.78 is 46.8. The second kappa shape index (κ2) is 12.2. The summed E-state index contributed by atoms with van der Waals surface area (Å²) in [5, 5.41) is 17.8. The smallest absolute Gasteiger partial charge is 0.475 e. The van der Waals surface area contributed by atoms with Crippen molar-refractivity contribution >= 4 is 29.2 Å². The molecule has 1 saturated carbocycles. The molecule has 1 aliphatic carbocycles. The van der Waals surface area contributed by atoms with E-state index in [9.17, 15) is 17.6 Å². The molecule has 5 rings (SSSR count). The number of aromatic nitrogens is 6. The highest BCUT2D eigenvalue weighted by Crippen LogP contribution is 2.38. The Morgan fingerprint density at radius 1 is 1.18 bits per heavy atom. The maximum absolute atomic E-state index is 13.3. The Morgan fingerprint density at radius 3 is 2.44 bits per heavy atom. The third-order valence-corrected chi connectivity index (χ3v) is 6.82. The number of halogens is 4. The second-order valence-electron chi connectivity index (χ2n) is 9.34. The average Bonchev–Trinajstić information content (AvgIpc) is 3.47. The lowest BCUT2D eigenvalue weighted by atomic mass is 10.3. The molecule has 0 radical (unpaired) electrons. The Hall–Kier alpha value is -3.40. The lowest BCUT2D eigenvalue weighted by Crippen LogP contribution is -2.48. The minimum atomic E-state index is -5.08. The summed E-state index contributed by atoms with van der Waals surface area (Å²) in [7, 11) is 1.90. The normalized spacial score (nSPS) is 16.9. The molecule has 3 aromatic rings. The molecule has 39 heavy (non-hydrogen) atoms. The van der Waals surface area contributed by atoms with Crippen LogP contribution in [0.15, 0.2) is 17.6 Å². The molecule has 212 valence electrons. The molecular formula is C23H29F4N9O2S. The van der Waals surface area contributed by atoms with E-state index in [1.165, 1.54) is 0 Å². The number of alkyl halides is 4. The summed E-state index contributed by atoms with van der Waals surface area (Å²) in [6, 6.07) is 1.96. The molecular weight excluding hydrogens is 542 g/mol. The van der Waals surface area contributed by atoms with Gasteiger partial charge in [-0.3, -0.25) is 9.58 Å². The van der Waals surface area contributed by atoms with Crippen molar-refractivity contribution in [1.82, 2.24) is 34.6 Å². The van der Waals surface area contributed by atoms with Gasteiger partial charge in [0.25, 0.3) is 0 Å². The molecule has 0 aromatic carbocycles. The second-order valence-corrected chi connectivity index (χ2v) is 10.2. The molecule has 1 atom stereocenters. The van der Waals surface area contributed by atoms with E-state index in [2.05, 4.69) is 30.2 Å². The van der Waals surface area contributed by atoms with Crippen molar-refractivity contribution in [2.75, 3.05) is 42.9 Å². The molecule has 0 amide bonds. The molecule has 0 bridgehead atoms. The summed E-state index contributed by atoms with van der Waals surface area (Å²) >= 11 is 1.58. The van der Waals surface area contributed by atoms with Crippen molar-refractivity contribution in [3.05, 3.63) is 29.2 Å². The first-order valence-electron chi connectivity index (χ1n) is 12.3. The van der Waals surface area contributed by atoms with Crippen LogP contribution in [0.3, 0.4) is 0 Å². The molecule has 2 aliphatic rings. The highest BCUT2D eigenvalue weighted by atomic mass is 32.1. The lowest BCUT2D eigenvalue weighted by molar-refractivity contribution is -0.192. The maximum Gasteiger partial charge on any atom is 0.490 e. The number of nitrogens with one attached hydrogen (secondary N) is 1. The van der Waals surface area contributed by atoms with Gasteiger partial charge in [0.1, 0.15) is 22.7 Å². The minimum absolute atomic E-state index is 0.431. The maximum atomic E-state index is 13.3. The highest BCUT2D eigenvalue weighted by Gasteiger charge is 2.38. The molecule has 1 aliphatic heterocycles. The molecule has 1 unspecified atom stereocenters. The number of hydrogen-bond donors (Lipinski definition) is 2. The number of nitrogens with zero attached hydrogens (tertiary/aromatic N) is 8. The fourth-order valence-electron chi connectivity index (χ4n) is 3.82. The predicted molar refractivity (Wildman–Crippen MR) is 136 cm³/mol. The number of rotatable bonds is 8. The van der Waals surface area contributed by atoms with Crippen LogP contribution < -0.4 is 10.2 Å². The zero-order valence-electron chi connectivity index (χ0n) is 21.4.